The number of nitrogens with one attached hydrogen (secondary N) is 1. The Labute approximate surface area is 140 Å². The first-order chi connectivity index (χ1) is 11.0. The molecule has 0 aliphatic carbocycles. The second-order valence-electron chi connectivity index (χ2n) is 5.88. The van der Waals surface area contributed by atoms with Crippen molar-refractivity contribution in [2.45, 2.75) is 26.7 Å². The Morgan fingerprint density at radius 1 is 1.13 bits per heavy atom. The number of thiophene rings is 1. The standard InChI is InChI=1S/C18H20N2O2S/c1-12-10-16(23-13(12)2)17(21)19-15-7-5-6-14(11-15)18(22)20-8-3-4-9-20/h5-7,10-11H,3-4,8-9H2,1-2H3,(H,19,21). The summed E-state index contributed by atoms with van der Waals surface area (Å²) in [5.41, 5.74) is 2.41. The highest BCUT2D eigenvalue weighted by molar-refractivity contribution is 7.14. The minimum Gasteiger partial charge on any atom is -0.339 e. The fourth-order valence-electron chi connectivity index (χ4n) is 2.71. The van der Waals surface area contributed by atoms with Gasteiger partial charge in [-0.2, -0.15) is 0 Å². The Morgan fingerprint density at radius 2 is 1.87 bits per heavy atom. The molecule has 1 N–H and O–H groups in total. The monoisotopic (exact) mass is 328 g/mol. The number of rotatable bonds is 3. The molecular formula is C18H20N2O2S. The quantitative estimate of drug-likeness (QED) is 0.930. The van der Waals surface area contributed by atoms with Crippen LogP contribution in [0.3, 0.4) is 0 Å². The number of nitrogens with zero attached hydrogens (tertiary/aromatic N) is 1. The molecule has 0 spiro atoms. The molecule has 23 heavy (non-hydrogen) atoms. The van der Waals surface area contributed by atoms with Gasteiger partial charge in [-0.3, -0.25) is 9.59 Å². The van der Waals surface area contributed by atoms with Crippen molar-refractivity contribution in [3.8, 4) is 0 Å². The zero-order valence-corrected chi connectivity index (χ0v) is 14.2. The van der Waals surface area contributed by atoms with E-state index in [9.17, 15) is 9.59 Å². The zero-order chi connectivity index (χ0) is 16.4. The Balaban J connectivity index is 1.74. The summed E-state index contributed by atoms with van der Waals surface area (Å²) in [7, 11) is 0. The third-order valence-corrected chi connectivity index (χ3v) is 5.30. The first-order valence-electron chi connectivity index (χ1n) is 7.82. The predicted molar refractivity (Wildman–Crippen MR) is 93.3 cm³/mol. The summed E-state index contributed by atoms with van der Waals surface area (Å²) in [6.07, 6.45) is 2.14. The lowest BCUT2D eigenvalue weighted by Crippen LogP contribution is -2.27. The summed E-state index contributed by atoms with van der Waals surface area (Å²) in [5.74, 6) is -0.0848. The molecule has 2 amide bonds. The Morgan fingerprint density at radius 3 is 2.52 bits per heavy atom. The lowest BCUT2D eigenvalue weighted by atomic mass is 10.1. The van der Waals surface area contributed by atoms with Crippen molar-refractivity contribution in [1.82, 2.24) is 4.90 Å². The van der Waals surface area contributed by atoms with Gasteiger partial charge in [0.1, 0.15) is 0 Å². The van der Waals surface area contributed by atoms with Crippen LogP contribution in [0.1, 0.15) is 43.3 Å². The highest BCUT2D eigenvalue weighted by Crippen LogP contribution is 2.22. The second kappa shape index (κ2) is 6.54. The third-order valence-electron chi connectivity index (χ3n) is 4.15. The maximum absolute atomic E-state index is 12.4. The molecule has 1 saturated heterocycles. The van der Waals surface area contributed by atoms with Gasteiger partial charge in [-0.1, -0.05) is 6.07 Å². The van der Waals surface area contributed by atoms with E-state index in [0.29, 0.717) is 16.1 Å². The van der Waals surface area contributed by atoms with Crippen molar-refractivity contribution < 1.29 is 9.59 Å². The van der Waals surface area contributed by atoms with E-state index in [0.717, 1.165) is 36.4 Å². The van der Waals surface area contributed by atoms with E-state index < -0.39 is 0 Å². The second-order valence-corrected chi connectivity index (χ2v) is 7.14. The van der Waals surface area contributed by atoms with Gasteiger partial charge >= 0.3 is 0 Å². The highest BCUT2D eigenvalue weighted by Gasteiger charge is 2.20. The van der Waals surface area contributed by atoms with Crippen LogP contribution in [0.5, 0.6) is 0 Å². The average Bonchev–Trinajstić information content (AvgIpc) is 3.18. The molecule has 0 atom stereocenters. The molecular weight excluding hydrogens is 308 g/mol. The van der Waals surface area contributed by atoms with Crippen LogP contribution in [0, 0.1) is 13.8 Å². The van der Waals surface area contributed by atoms with Crippen LogP contribution in [-0.4, -0.2) is 29.8 Å². The van der Waals surface area contributed by atoms with Crippen LogP contribution < -0.4 is 5.32 Å². The topological polar surface area (TPSA) is 49.4 Å². The van der Waals surface area contributed by atoms with E-state index in [1.54, 1.807) is 12.1 Å². The van der Waals surface area contributed by atoms with E-state index in [1.165, 1.54) is 11.3 Å². The molecule has 0 saturated carbocycles. The molecule has 1 aromatic heterocycles. The van der Waals surface area contributed by atoms with E-state index >= 15 is 0 Å². The molecule has 0 bridgehead atoms. The predicted octanol–water partition coefficient (Wildman–Crippen LogP) is 3.85. The largest absolute Gasteiger partial charge is 0.339 e. The minimum atomic E-state index is -0.128. The minimum absolute atomic E-state index is 0.0430. The van der Waals surface area contributed by atoms with Crippen molar-refractivity contribution in [3.05, 3.63) is 51.2 Å². The van der Waals surface area contributed by atoms with E-state index in [1.807, 2.05) is 36.9 Å². The Bertz CT molecular complexity index is 726. The molecule has 1 fully saturated rings. The number of benzene rings is 1. The smallest absolute Gasteiger partial charge is 0.265 e. The van der Waals surface area contributed by atoms with Crippen molar-refractivity contribution in [2.24, 2.45) is 0 Å². The molecule has 0 unspecified atom stereocenters. The summed E-state index contributed by atoms with van der Waals surface area (Å²) in [6, 6.07) is 9.08. The molecule has 4 nitrogen and oxygen atoms in total. The first-order valence-corrected chi connectivity index (χ1v) is 8.64. The van der Waals surface area contributed by atoms with Gasteiger partial charge in [-0.25, -0.2) is 0 Å². The fourth-order valence-corrected chi connectivity index (χ4v) is 3.64. The van der Waals surface area contributed by atoms with Crippen LogP contribution in [0.2, 0.25) is 0 Å². The molecule has 0 radical (unpaired) electrons. The van der Waals surface area contributed by atoms with Gasteiger partial charge in [-0.05, 0) is 56.5 Å². The number of carbonyl (C=O) groups is 2. The molecule has 1 aliphatic rings. The van der Waals surface area contributed by atoms with Crippen molar-refractivity contribution in [2.75, 3.05) is 18.4 Å². The third kappa shape index (κ3) is 3.45. The van der Waals surface area contributed by atoms with Crippen molar-refractivity contribution in [3.63, 3.8) is 0 Å². The van der Waals surface area contributed by atoms with E-state index in [2.05, 4.69) is 5.32 Å². The van der Waals surface area contributed by atoms with E-state index in [4.69, 9.17) is 0 Å². The van der Waals surface area contributed by atoms with Crippen LogP contribution in [0.15, 0.2) is 30.3 Å². The highest BCUT2D eigenvalue weighted by atomic mass is 32.1. The molecule has 1 aliphatic heterocycles. The number of anilines is 1. The first kappa shape index (κ1) is 15.7. The van der Waals surface area contributed by atoms with Crippen LogP contribution >= 0.6 is 11.3 Å². The van der Waals surface area contributed by atoms with Gasteiger partial charge in [0.2, 0.25) is 0 Å². The summed E-state index contributed by atoms with van der Waals surface area (Å²) in [5, 5.41) is 2.89. The van der Waals surface area contributed by atoms with Gasteiger partial charge in [0.15, 0.2) is 0 Å². The molecule has 5 heteroatoms. The Kier molecular flexibility index (Phi) is 4.48. The van der Waals surface area contributed by atoms with Crippen LogP contribution in [0.4, 0.5) is 5.69 Å². The maximum atomic E-state index is 12.4. The number of likely N-dealkylation sites (tertiary alicyclic amines) is 1. The maximum Gasteiger partial charge on any atom is 0.265 e. The molecule has 120 valence electrons. The Hall–Kier alpha value is -2.14. The molecule has 2 aromatic rings. The molecule has 3 rings (SSSR count). The summed E-state index contributed by atoms with van der Waals surface area (Å²) >= 11 is 1.49. The zero-order valence-electron chi connectivity index (χ0n) is 13.4. The SMILES string of the molecule is Cc1cc(C(=O)Nc2cccc(C(=O)N3CCCC3)c2)sc1C. The van der Waals surface area contributed by atoms with Crippen molar-refractivity contribution in [1.29, 1.82) is 0 Å². The number of amides is 2. The van der Waals surface area contributed by atoms with E-state index in [-0.39, 0.29) is 11.8 Å². The van der Waals surface area contributed by atoms with Gasteiger partial charge in [0, 0.05) is 29.2 Å². The lowest BCUT2D eigenvalue weighted by Gasteiger charge is -2.15. The van der Waals surface area contributed by atoms with Gasteiger partial charge in [-0.15, -0.1) is 11.3 Å². The normalized spacial score (nSPS) is 14.1. The number of carbonyl (C=O) groups excluding carboxylic acids is 2. The summed E-state index contributed by atoms with van der Waals surface area (Å²) in [4.78, 5) is 28.4. The van der Waals surface area contributed by atoms with Crippen LogP contribution in [0.25, 0.3) is 0 Å². The number of aryl methyl sites for hydroxylation is 2. The average molecular weight is 328 g/mol. The summed E-state index contributed by atoms with van der Waals surface area (Å²) < 4.78 is 0. The van der Waals surface area contributed by atoms with Gasteiger partial charge in [0.25, 0.3) is 11.8 Å². The van der Waals surface area contributed by atoms with Gasteiger partial charge < -0.3 is 10.2 Å². The summed E-state index contributed by atoms with van der Waals surface area (Å²) in [6.45, 7) is 5.65. The molecule has 2 heterocycles. The van der Waals surface area contributed by atoms with Crippen LogP contribution in [-0.2, 0) is 0 Å². The van der Waals surface area contributed by atoms with Crippen molar-refractivity contribution >= 4 is 28.8 Å². The number of hydrogen-bond acceptors (Lipinski definition) is 3. The molecule has 1 aromatic carbocycles. The lowest BCUT2D eigenvalue weighted by molar-refractivity contribution is 0.0792. The number of hydrogen-bond donors (Lipinski definition) is 1. The van der Waals surface area contributed by atoms with Gasteiger partial charge in [0.05, 0.1) is 4.88 Å². The fraction of sp³-hybridized carbons (Fsp3) is 0.333.